The van der Waals surface area contributed by atoms with Gasteiger partial charge in [-0.15, -0.1) is 0 Å². The average molecular weight is 377 g/mol. The third kappa shape index (κ3) is 2.85. The van der Waals surface area contributed by atoms with Gasteiger partial charge in [0.05, 0.1) is 24.4 Å². The number of fused-ring (bicyclic) bond motifs is 3. The van der Waals surface area contributed by atoms with Crippen LogP contribution in [0.3, 0.4) is 0 Å². The molecule has 0 bridgehead atoms. The molecule has 0 spiro atoms. The molecule has 0 radical (unpaired) electrons. The summed E-state index contributed by atoms with van der Waals surface area (Å²) in [7, 11) is 0. The predicted octanol–water partition coefficient (Wildman–Crippen LogP) is 1.42. The van der Waals surface area contributed by atoms with Crippen LogP contribution in [0, 0.1) is 0 Å². The van der Waals surface area contributed by atoms with Gasteiger partial charge in [-0.3, -0.25) is 14.6 Å². The number of anilines is 1. The highest BCUT2D eigenvalue weighted by Crippen LogP contribution is 2.29. The maximum atomic E-state index is 12.5. The molecule has 0 atom stereocenters. The topological polar surface area (TPSA) is 115 Å². The summed E-state index contributed by atoms with van der Waals surface area (Å²) in [6.45, 7) is 2.55. The van der Waals surface area contributed by atoms with Crippen LogP contribution in [0.25, 0.3) is 33.1 Å². The first-order valence-corrected chi connectivity index (χ1v) is 9.11. The van der Waals surface area contributed by atoms with E-state index < -0.39 is 0 Å². The molecule has 142 valence electrons. The maximum absolute atomic E-state index is 12.5. The molecule has 0 unspecified atom stereocenters. The van der Waals surface area contributed by atoms with Gasteiger partial charge in [-0.2, -0.15) is 10.2 Å². The maximum Gasteiger partial charge on any atom is 0.244 e. The Morgan fingerprint density at radius 1 is 1.21 bits per heavy atom. The number of nitrogens with two attached hydrogens (primary N) is 1. The predicted molar refractivity (Wildman–Crippen MR) is 104 cm³/mol. The molecule has 9 heteroatoms. The van der Waals surface area contributed by atoms with Crippen LogP contribution < -0.4 is 5.73 Å². The molecule has 0 saturated carbocycles. The van der Waals surface area contributed by atoms with Crippen LogP contribution >= 0.6 is 0 Å². The van der Waals surface area contributed by atoms with E-state index in [-0.39, 0.29) is 12.5 Å². The molecular formula is C19H19N7O2. The second-order valence-corrected chi connectivity index (χ2v) is 6.78. The van der Waals surface area contributed by atoms with Crippen molar-refractivity contribution in [3.8, 4) is 11.3 Å². The van der Waals surface area contributed by atoms with Crippen LogP contribution in [-0.2, 0) is 16.1 Å². The van der Waals surface area contributed by atoms with Crippen molar-refractivity contribution in [1.29, 1.82) is 0 Å². The number of benzene rings is 1. The fourth-order valence-corrected chi connectivity index (χ4v) is 3.56. The molecule has 1 saturated heterocycles. The molecule has 4 heterocycles. The summed E-state index contributed by atoms with van der Waals surface area (Å²) in [4.78, 5) is 18.8. The molecule has 3 N–H and O–H groups in total. The minimum atomic E-state index is 0.0217. The number of nitrogen functional groups attached to an aromatic ring is 1. The van der Waals surface area contributed by atoms with Gasteiger partial charge < -0.3 is 15.4 Å². The number of carbonyl (C=O) groups excluding carboxylic acids is 1. The standard InChI is InChI=1S/C19H19N7O2/c20-19-18-14(10-26(24-18)11-17(27)25-5-7-28-8-6-25)13-2-1-12(9-16(13)22-19)15-3-4-21-23-15/h1-4,9-10H,5-8,11H2,(H2,20,22)(H,21,23). The van der Waals surface area contributed by atoms with Crippen molar-refractivity contribution in [3.05, 3.63) is 36.7 Å². The summed E-state index contributed by atoms with van der Waals surface area (Å²) in [5.41, 5.74) is 9.43. The molecule has 1 amide bonds. The monoisotopic (exact) mass is 377 g/mol. The van der Waals surface area contributed by atoms with Crippen LogP contribution in [0.4, 0.5) is 5.82 Å². The van der Waals surface area contributed by atoms with Gasteiger partial charge in [0, 0.05) is 41.8 Å². The van der Waals surface area contributed by atoms with Gasteiger partial charge in [0.2, 0.25) is 5.91 Å². The van der Waals surface area contributed by atoms with Gasteiger partial charge in [-0.1, -0.05) is 12.1 Å². The van der Waals surface area contributed by atoms with Crippen molar-refractivity contribution < 1.29 is 9.53 Å². The number of aromatic amines is 1. The first-order valence-electron chi connectivity index (χ1n) is 9.11. The van der Waals surface area contributed by atoms with Gasteiger partial charge >= 0.3 is 0 Å². The van der Waals surface area contributed by atoms with Crippen molar-refractivity contribution in [2.24, 2.45) is 0 Å². The lowest BCUT2D eigenvalue weighted by Gasteiger charge is -2.26. The highest BCUT2D eigenvalue weighted by atomic mass is 16.5. The number of nitrogens with zero attached hydrogens (tertiary/aromatic N) is 5. The first-order chi connectivity index (χ1) is 13.7. The van der Waals surface area contributed by atoms with Crippen molar-refractivity contribution in [2.45, 2.75) is 6.54 Å². The van der Waals surface area contributed by atoms with E-state index in [1.165, 1.54) is 0 Å². The molecule has 4 aromatic rings. The number of hydrogen-bond acceptors (Lipinski definition) is 6. The summed E-state index contributed by atoms with van der Waals surface area (Å²) in [6, 6.07) is 7.87. The number of pyridine rings is 1. The number of hydrogen-bond donors (Lipinski definition) is 2. The van der Waals surface area contributed by atoms with Gasteiger partial charge in [0.15, 0.2) is 5.82 Å². The van der Waals surface area contributed by atoms with E-state index >= 15 is 0 Å². The number of aromatic nitrogens is 5. The summed E-state index contributed by atoms with van der Waals surface area (Å²) >= 11 is 0. The Labute approximate surface area is 160 Å². The number of ether oxygens (including phenoxy) is 1. The van der Waals surface area contributed by atoms with E-state index in [9.17, 15) is 4.79 Å². The molecular weight excluding hydrogens is 358 g/mol. The number of morpholine rings is 1. The number of nitrogens with one attached hydrogen (secondary N) is 1. The smallest absolute Gasteiger partial charge is 0.244 e. The summed E-state index contributed by atoms with van der Waals surface area (Å²) in [5.74, 6) is 0.371. The fourth-order valence-electron chi connectivity index (χ4n) is 3.56. The van der Waals surface area contributed by atoms with E-state index in [2.05, 4.69) is 20.3 Å². The number of carbonyl (C=O) groups is 1. The van der Waals surface area contributed by atoms with E-state index in [1.807, 2.05) is 30.5 Å². The minimum absolute atomic E-state index is 0.0217. The summed E-state index contributed by atoms with van der Waals surface area (Å²) < 4.78 is 6.94. The Hall–Kier alpha value is -3.46. The first kappa shape index (κ1) is 16.7. The Bertz CT molecular complexity index is 1160. The molecule has 1 aliphatic rings. The third-order valence-electron chi connectivity index (χ3n) is 5.01. The van der Waals surface area contributed by atoms with Crippen LogP contribution in [0.2, 0.25) is 0 Å². The fraction of sp³-hybridized carbons (Fsp3) is 0.263. The van der Waals surface area contributed by atoms with Crippen molar-refractivity contribution in [2.75, 3.05) is 32.0 Å². The van der Waals surface area contributed by atoms with Gasteiger partial charge in [0.1, 0.15) is 12.1 Å². The lowest BCUT2D eigenvalue weighted by Crippen LogP contribution is -2.42. The van der Waals surface area contributed by atoms with Crippen molar-refractivity contribution in [3.63, 3.8) is 0 Å². The minimum Gasteiger partial charge on any atom is -0.382 e. The average Bonchev–Trinajstić information content (AvgIpc) is 3.39. The van der Waals surface area contributed by atoms with Crippen molar-refractivity contribution >= 4 is 33.5 Å². The SMILES string of the molecule is Nc1nc2cc(-c3ccn[nH]3)ccc2c2cn(CC(=O)N3CCOCC3)nc12. The second-order valence-electron chi connectivity index (χ2n) is 6.78. The zero-order valence-electron chi connectivity index (χ0n) is 15.1. The van der Waals surface area contributed by atoms with Crippen LogP contribution in [0.15, 0.2) is 36.7 Å². The molecule has 1 aliphatic heterocycles. The Morgan fingerprint density at radius 3 is 2.86 bits per heavy atom. The zero-order valence-corrected chi connectivity index (χ0v) is 15.1. The molecule has 0 aliphatic carbocycles. The van der Waals surface area contributed by atoms with Gasteiger partial charge in [0.25, 0.3) is 0 Å². The molecule has 1 fully saturated rings. The van der Waals surface area contributed by atoms with E-state index in [0.29, 0.717) is 37.6 Å². The van der Waals surface area contributed by atoms with E-state index in [0.717, 1.165) is 27.5 Å². The highest BCUT2D eigenvalue weighted by molar-refractivity contribution is 6.08. The normalized spacial score (nSPS) is 14.8. The Balaban J connectivity index is 1.52. The van der Waals surface area contributed by atoms with Crippen LogP contribution in [0.1, 0.15) is 0 Å². The lowest BCUT2D eigenvalue weighted by molar-refractivity contribution is -0.136. The molecule has 5 rings (SSSR count). The van der Waals surface area contributed by atoms with Crippen molar-refractivity contribution in [1.82, 2.24) is 29.9 Å². The van der Waals surface area contributed by atoms with Gasteiger partial charge in [-0.25, -0.2) is 4.98 Å². The summed E-state index contributed by atoms with van der Waals surface area (Å²) in [5, 5.41) is 13.3. The molecule has 1 aromatic carbocycles. The number of H-pyrrole nitrogens is 1. The van der Waals surface area contributed by atoms with Crippen LogP contribution in [-0.4, -0.2) is 62.1 Å². The van der Waals surface area contributed by atoms with Gasteiger partial charge in [-0.05, 0) is 12.1 Å². The molecule has 3 aromatic heterocycles. The number of rotatable bonds is 3. The number of amides is 1. The lowest BCUT2D eigenvalue weighted by atomic mass is 10.1. The second kappa shape index (κ2) is 6.61. The molecule has 28 heavy (non-hydrogen) atoms. The zero-order chi connectivity index (χ0) is 19.1. The van der Waals surface area contributed by atoms with Crippen LogP contribution in [0.5, 0.6) is 0 Å². The van der Waals surface area contributed by atoms with E-state index in [4.69, 9.17) is 10.5 Å². The third-order valence-corrected chi connectivity index (χ3v) is 5.01. The molecule has 9 nitrogen and oxygen atoms in total. The quantitative estimate of drug-likeness (QED) is 0.558. The summed E-state index contributed by atoms with van der Waals surface area (Å²) in [6.07, 6.45) is 3.57. The Morgan fingerprint density at radius 2 is 2.07 bits per heavy atom. The Kier molecular flexibility index (Phi) is 3.94. The van der Waals surface area contributed by atoms with E-state index in [1.54, 1.807) is 15.8 Å². The highest BCUT2D eigenvalue weighted by Gasteiger charge is 2.19. The largest absolute Gasteiger partial charge is 0.382 e.